The van der Waals surface area contributed by atoms with Gasteiger partial charge >= 0.3 is 0 Å². The maximum atomic E-state index is 11.0. The van der Waals surface area contributed by atoms with Crippen molar-refractivity contribution in [3.05, 3.63) is 35.9 Å². The highest BCUT2D eigenvalue weighted by Crippen LogP contribution is 2.39. The van der Waals surface area contributed by atoms with E-state index in [9.17, 15) is 10.2 Å². The quantitative estimate of drug-likeness (QED) is 0.825. The van der Waals surface area contributed by atoms with E-state index in [0.717, 1.165) is 5.56 Å². The molecule has 0 heterocycles. The molecule has 0 amide bonds. The minimum Gasteiger partial charge on any atom is -0.393 e. The van der Waals surface area contributed by atoms with Crippen LogP contribution in [0.5, 0.6) is 0 Å². The van der Waals surface area contributed by atoms with E-state index in [1.165, 1.54) is 0 Å². The largest absolute Gasteiger partial charge is 0.393 e. The molecule has 3 atom stereocenters. The van der Waals surface area contributed by atoms with Crippen molar-refractivity contribution < 1.29 is 10.2 Å². The van der Waals surface area contributed by atoms with Crippen molar-refractivity contribution in [2.45, 2.75) is 45.8 Å². The number of aliphatic hydroxyl groups excluding tert-OH is 1. The first-order valence-corrected chi connectivity index (χ1v) is 6.40. The number of rotatable bonds is 5. The average Bonchev–Trinajstić information content (AvgIpc) is 2.36. The lowest BCUT2D eigenvalue weighted by molar-refractivity contribution is -0.102. The lowest BCUT2D eigenvalue weighted by atomic mass is 9.72. The van der Waals surface area contributed by atoms with Crippen LogP contribution in [0.1, 0.15) is 39.7 Å². The minimum absolute atomic E-state index is 0.0566. The topological polar surface area (TPSA) is 40.5 Å². The Balaban J connectivity index is 3.15. The Kier molecular flexibility index (Phi) is 4.72. The number of hydrogen-bond acceptors (Lipinski definition) is 2. The summed E-state index contributed by atoms with van der Waals surface area (Å²) in [6, 6.07) is 9.64. The lowest BCUT2D eigenvalue weighted by Crippen LogP contribution is -2.44. The van der Waals surface area contributed by atoms with Crippen molar-refractivity contribution in [2.75, 3.05) is 0 Å². The Bertz CT molecular complexity index is 334. The number of hydrogen-bond donors (Lipinski definition) is 2. The van der Waals surface area contributed by atoms with Crippen LogP contribution in [0.3, 0.4) is 0 Å². The molecule has 0 spiro atoms. The van der Waals surface area contributed by atoms with Gasteiger partial charge in [0.05, 0.1) is 11.7 Å². The first kappa shape index (κ1) is 14.2. The minimum atomic E-state index is -0.976. The van der Waals surface area contributed by atoms with Crippen LogP contribution in [0, 0.1) is 11.8 Å². The highest BCUT2D eigenvalue weighted by atomic mass is 16.3. The van der Waals surface area contributed by atoms with Crippen molar-refractivity contribution in [2.24, 2.45) is 11.8 Å². The van der Waals surface area contributed by atoms with Gasteiger partial charge in [0.2, 0.25) is 0 Å². The third-order valence-corrected chi connectivity index (χ3v) is 3.81. The van der Waals surface area contributed by atoms with Crippen LogP contribution in [0.4, 0.5) is 0 Å². The van der Waals surface area contributed by atoms with Crippen molar-refractivity contribution in [1.82, 2.24) is 0 Å². The summed E-state index contributed by atoms with van der Waals surface area (Å²) in [5.41, 5.74) is -0.0913. The molecule has 0 fully saturated rings. The molecule has 0 unspecified atom stereocenters. The van der Waals surface area contributed by atoms with Crippen molar-refractivity contribution in [3.63, 3.8) is 0 Å². The molecule has 0 bridgehead atoms. The van der Waals surface area contributed by atoms with Gasteiger partial charge in [-0.3, -0.25) is 0 Å². The molecular weight excluding hydrogens is 212 g/mol. The van der Waals surface area contributed by atoms with Crippen LogP contribution in [0.2, 0.25) is 0 Å². The summed E-state index contributed by atoms with van der Waals surface area (Å²) in [4.78, 5) is 0. The average molecular weight is 236 g/mol. The van der Waals surface area contributed by atoms with Gasteiger partial charge < -0.3 is 10.2 Å². The summed E-state index contributed by atoms with van der Waals surface area (Å²) >= 11 is 0. The fourth-order valence-corrected chi connectivity index (χ4v) is 2.47. The summed E-state index contributed by atoms with van der Waals surface area (Å²) in [5.74, 6) is -0.129. The van der Waals surface area contributed by atoms with E-state index in [0.29, 0.717) is 6.42 Å². The summed E-state index contributed by atoms with van der Waals surface area (Å²) in [6.45, 7) is 7.84. The molecule has 0 saturated heterocycles. The molecule has 2 N–H and O–H groups in total. The van der Waals surface area contributed by atoms with Gasteiger partial charge in [-0.25, -0.2) is 0 Å². The van der Waals surface area contributed by atoms with E-state index in [1.807, 2.05) is 58.0 Å². The van der Waals surface area contributed by atoms with Gasteiger partial charge in [0.1, 0.15) is 0 Å². The molecule has 0 aromatic heterocycles. The van der Waals surface area contributed by atoms with Crippen LogP contribution in [0.15, 0.2) is 30.3 Å². The molecule has 2 nitrogen and oxygen atoms in total. The van der Waals surface area contributed by atoms with Crippen LogP contribution in [0.25, 0.3) is 0 Å². The SMILES string of the molecule is CC[C@@H](O)[C@H](C)[C@@](O)(c1ccccc1)C(C)C. The van der Waals surface area contributed by atoms with Gasteiger partial charge in [-0.2, -0.15) is 0 Å². The first-order chi connectivity index (χ1) is 7.94. The second-order valence-electron chi connectivity index (χ2n) is 5.11. The molecule has 0 radical (unpaired) electrons. The van der Waals surface area contributed by atoms with Gasteiger partial charge in [0.15, 0.2) is 0 Å². The van der Waals surface area contributed by atoms with E-state index in [4.69, 9.17) is 0 Å². The Labute approximate surface area is 104 Å². The highest BCUT2D eigenvalue weighted by Gasteiger charge is 2.41. The normalized spacial score (nSPS) is 18.8. The van der Waals surface area contributed by atoms with E-state index < -0.39 is 11.7 Å². The number of aliphatic hydroxyl groups is 2. The molecule has 1 aromatic rings. The van der Waals surface area contributed by atoms with Crippen LogP contribution >= 0.6 is 0 Å². The predicted molar refractivity (Wildman–Crippen MR) is 70.6 cm³/mol. The fraction of sp³-hybridized carbons (Fsp3) is 0.600. The molecule has 1 rings (SSSR count). The molecule has 0 aliphatic rings. The van der Waals surface area contributed by atoms with Crippen LogP contribution < -0.4 is 0 Å². The molecular formula is C15H24O2. The van der Waals surface area contributed by atoms with E-state index >= 15 is 0 Å². The fourth-order valence-electron chi connectivity index (χ4n) is 2.47. The molecule has 0 saturated carbocycles. The molecule has 2 heteroatoms. The van der Waals surface area contributed by atoms with Gasteiger partial charge in [0, 0.05) is 5.92 Å². The molecule has 96 valence electrons. The zero-order chi connectivity index (χ0) is 13.1. The van der Waals surface area contributed by atoms with Gasteiger partial charge in [-0.15, -0.1) is 0 Å². The molecule has 0 aliphatic heterocycles. The highest BCUT2D eigenvalue weighted by molar-refractivity contribution is 5.24. The standard InChI is InChI=1S/C15H24O2/c1-5-14(16)12(4)15(17,11(2)3)13-9-7-6-8-10-13/h6-12,14,16-17H,5H2,1-4H3/t12-,14+,15+/m0/s1. The third-order valence-electron chi connectivity index (χ3n) is 3.81. The Morgan fingerprint density at radius 3 is 2.06 bits per heavy atom. The maximum absolute atomic E-state index is 11.0. The van der Waals surface area contributed by atoms with Crippen molar-refractivity contribution >= 4 is 0 Å². The Morgan fingerprint density at radius 2 is 1.65 bits per heavy atom. The summed E-state index contributed by atoms with van der Waals surface area (Å²) in [7, 11) is 0. The van der Waals surface area contributed by atoms with Crippen molar-refractivity contribution in [3.8, 4) is 0 Å². The summed E-state index contributed by atoms with van der Waals surface area (Å²) in [5, 5.41) is 21.0. The maximum Gasteiger partial charge on any atom is 0.0969 e. The van der Waals surface area contributed by atoms with E-state index in [2.05, 4.69) is 0 Å². The smallest absolute Gasteiger partial charge is 0.0969 e. The summed E-state index contributed by atoms with van der Waals surface area (Å²) < 4.78 is 0. The number of benzene rings is 1. The monoisotopic (exact) mass is 236 g/mol. The zero-order valence-corrected chi connectivity index (χ0v) is 11.2. The third kappa shape index (κ3) is 2.70. The lowest BCUT2D eigenvalue weighted by Gasteiger charge is -2.40. The molecule has 1 aromatic carbocycles. The van der Waals surface area contributed by atoms with Crippen LogP contribution in [-0.4, -0.2) is 16.3 Å². The van der Waals surface area contributed by atoms with Crippen LogP contribution in [-0.2, 0) is 5.60 Å². The van der Waals surface area contributed by atoms with Gasteiger partial charge in [0.25, 0.3) is 0 Å². The predicted octanol–water partition coefficient (Wildman–Crippen LogP) is 2.94. The van der Waals surface area contributed by atoms with E-state index in [1.54, 1.807) is 0 Å². The van der Waals surface area contributed by atoms with Gasteiger partial charge in [-0.05, 0) is 17.9 Å². The van der Waals surface area contributed by atoms with E-state index in [-0.39, 0.29) is 11.8 Å². The molecule has 17 heavy (non-hydrogen) atoms. The second kappa shape index (κ2) is 5.65. The Hall–Kier alpha value is -0.860. The first-order valence-electron chi connectivity index (χ1n) is 6.40. The Morgan fingerprint density at radius 1 is 1.12 bits per heavy atom. The summed E-state index contributed by atoms with van der Waals surface area (Å²) in [6.07, 6.45) is 0.172. The second-order valence-corrected chi connectivity index (χ2v) is 5.11. The van der Waals surface area contributed by atoms with Crippen molar-refractivity contribution in [1.29, 1.82) is 0 Å². The zero-order valence-electron chi connectivity index (χ0n) is 11.2. The van der Waals surface area contributed by atoms with Gasteiger partial charge in [-0.1, -0.05) is 58.0 Å². The molecule has 0 aliphatic carbocycles.